The number of benzene rings is 2. The van der Waals surface area contributed by atoms with Crippen molar-refractivity contribution in [1.82, 2.24) is 8.87 Å². The average Bonchev–Trinajstić information content (AvgIpc) is 3.16. The molecular weight excluding hydrogens is 385 g/mol. The molecule has 1 aliphatic heterocycles. The van der Waals surface area contributed by atoms with E-state index in [0.717, 1.165) is 12.1 Å². The van der Waals surface area contributed by atoms with E-state index in [1.165, 1.54) is 22.5 Å². The molecule has 0 radical (unpaired) electrons. The van der Waals surface area contributed by atoms with Gasteiger partial charge in [0.25, 0.3) is 5.69 Å². The van der Waals surface area contributed by atoms with Crippen LogP contribution in [0.5, 0.6) is 0 Å². The van der Waals surface area contributed by atoms with Crippen LogP contribution >= 0.6 is 0 Å². The van der Waals surface area contributed by atoms with Crippen molar-refractivity contribution < 1.29 is 17.7 Å². The summed E-state index contributed by atoms with van der Waals surface area (Å²) in [5.74, 6) is -0.494. The van der Waals surface area contributed by atoms with E-state index in [2.05, 4.69) is 0 Å². The van der Waals surface area contributed by atoms with Crippen LogP contribution in [0.2, 0.25) is 0 Å². The summed E-state index contributed by atoms with van der Waals surface area (Å²) in [7, 11) is -4.01. The van der Waals surface area contributed by atoms with Crippen LogP contribution in [-0.4, -0.2) is 28.8 Å². The Balaban J connectivity index is 1.83. The molecule has 7 nitrogen and oxygen atoms in total. The smallest absolute Gasteiger partial charge is 0.269 e. The van der Waals surface area contributed by atoms with E-state index in [1.54, 1.807) is 30.3 Å². The summed E-state index contributed by atoms with van der Waals surface area (Å²) in [6, 6.07) is 13.5. The van der Waals surface area contributed by atoms with Crippen molar-refractivity contribution in [3.8, 4) is 0 Å². The Morgan fingerprint density at radius 3 is 2.39 bits per heavy atom. The zero-order valence-electron chi connectivity index (χ0n) is 14.6. The third-order valence-electron chi connectivity index (χ3n) is 4.85. The van der Waals surface area contributed by atoms with Gasteiger partial charge in [-0.2, -0.15) is 4.31 Å². The van der Waals surface area contributed by atoms with Crippen molar-refractivity contribution in [2.75, 3.05) is 6.54 Å². The number of nitrogens with zero attached hydrogens (tertiary/aromatic N) is 3. The van der Waals surface area contributed by atoms with Gasteiger partial charge in [0.05, 0.1) is 15.9 Å². The molecule has 0 aliphatic carbocycles. The molecule has 1 atom stereocenters. The minimum Gasteiger partial charge on any atom is -0.348 e. The minimum absolute atomic E-state index is 0.0700. The van der Waals surface area contributed by atoms with Gasteiger partial charge in [-0.05, 0) is 30.3 Å². The molecule has 0 bridgehead atoms. The van der Waals surface area contributed by atoms with Gasteiger partial charge < -0.3 is 4.57 Å². The molecule has 9 heteroatoms. The Morgan fingerprint density at radius 1 is 1.00 bits per heavy atom. The molecule has 1 aliphatic rings. The first-order valence-electron chi connectivity index (χ1n) is 8.55. The van der Waals surface area contributed by atoms with Gasteiger partial charge in [-0.1, -0.05) is 18.2 Å². The monoisotopic (exact) mass is 401 g/mol. The normalized spacial score (nSPS) is 17.2. The number of nitro benzene ring substituents is 1. The van der Waals surface area contributed by atoms with E-state index >= 15 is 0 Å². The largest absolute Gasteiger partial charge is 0.348 e. The molecule has 0 spiro atoms. The number of sulfonamides is 1. The van der Waals surface area contributed by atoms with Crippen molar-refractivity contribution in [2.24, 2.45) is 0 Å². The number of non-ortho nitro benzene ring substituents is 1. The lowest BCUT2D eigenvalue weighted by molar-refractivity contribution is -0.384. The molecule has 0 N–H and O–H groups in total. The molecule has 4 rings (SSSR count). The van der Waals surface area contributed by atoms with Gasteiger partial charge in [0.1, 0.15) is 5.82 Å². The highest BCUT2D eigenvalue weighted by molar-refractivity contribution is 7.89. The number of rotatable bonds is 4. The second kappa shape index (κ2) is 6.84. The van der Waals surface area contributed by atoms with Gasteiger partial charge in [0.2, 0.25) is 10.0 Å². The van der Waals surface area contributed by atoms with Gasteiger partial charge >= 0.3 is 0 Å². The van der Waals surface area contributed by atoms with Gasteiger partial charge in [0.15, 0.2) is 0 Å². The van der Waals surface area contributed by atoms with Crippen LogP contribution in [-0.2, 0) is 16.6 Å². The average molecular weight is 401 g/mol. The summed E-state index contributed by atoms with van der Waals surface area (Å²) in [5, 5.41) is 10.8. The number of aromatic nitrogens is 1. The van der Waals surface area contributed by atoms with Gasteiger partial charge in [-0.15, -0.1) is 0 Å². The van der Waals surface area contributed by atoms with Crippen LogP contribution in [0.1, 0.15) is 17.3 Å². The molecule has 144 valence electrons. The van der Waals surface area contributed by atoms with Gasteiger partial charge in [0, 0.05) is 42.7 Å². The van der Waals surface area contributed by atoms with Crippen LogP contribution in [0.15, 0.2) is 71.8 Å². The summed E-state index contributed by atoms with van der Waals surface area (Å²) < 4.78 is 44.4. The van der Waals surface area contributed by atoms with Gasteiger partial charge in [-0.25, -0.2) is 12.8 Å². The third kappa shape index (κ3) is 2.98. The van der Waals surface area contributed by atoms with E-state index in [-0.39, 0.29) is 22.7 Å². The van der Waals surface area contributed by atoms with E-state index in [4.69, 9.17) is 0 Å². The molecule has 2 aromatic carbocycles. The van der Waals surface area contributed by atoms with Crippen molar-refractivity contribution in [1.29, 1.82) is 0 Å². The predicted molar refractivity (Wildman–Crippen MR) is 99.7 cm³/mol. The molecule has 0 fully saturated rings. The topological polar surface area (TPSA) is 85.4 Å². The number of hydrogen-bond acceptors (Lipinski definition) is 4. The lowest BCUT2D eigenvalue weighted by Crippen LogP contribution is -2.42. The Kier molecular flexibility index (Phi) is 4.48. The van der Waals surface area contributed by atoms with Crippen molar-refractivity contribution in [3.63, 3.8) is 0 Å². The van der Waals surface area contributed by atoms with Crippen LogP contribution in [0.4, 0.5) is 10.1 Å². The SMILES string of the molecule is O=[N+]([O-])c1ccc(S(=O)(=O)N2CCn3cccc3[C@H]2c2ccccc2F)cc1. The molecule has 0 saturated heterocycles. The highest BCUT2D eigenvalue weighted by atomic mass is 32.2. The Morgan fingerprint density at radius 2 is 1.71 bits per heavy atom. The number of hydrogen-bond donors (Lipinski definition) is 0. The zero-order chi connectivity index (χ0) is 19.9. The van der Waals surface area contributed by atoms with Crippen LogP contribution in [0.25, 0.3) is 0 Å². The summed E-state index contributed by atoms with van der Waals surface area (Å²) in [4.78, 5) is 10.2. The van der Waals surface area contributed by atoms with Crippen molar-refractivity contribution in [3.05, 3.63) is 94.0 Å². The Labute approximate surface area is 160 Å². The van der Waals surface area contributed by atoms with Gasteiger partial charge in [-0.3, -0.25) is 10.1 Å². The van der Waals surface area contributed by atoms with Crippen molar-refractivity contribution >= 4 is 15.7 Å². The van der Waals surface area contributed by atoms with Crippen molar-refractivity contribution in [2.45, 2.75) is 17.5 Å². The number of nitro groups is 1. The highest BCUT2D eigenvalue weighted by Crippen LogP contribution is 2.37. The van der Waals surface area contributed by atoms with E-state index in [9.17, 15) is 22.9 Å². The second-order valence-electron chi connectivity index (χ2n) is 6.42. The summed E-state index contributed by atoms with van der Waals surface area (Å²) in [6.07, 6.45) is 1.83. The lowest BCUT2D eigenvalue weighted by atomic mass is 10.0. The fourth-order valence-electron chi connectivity index (χ4n) is 3.51. The third-order valence-corrected chi connectivity index (χ3v) is 6.73. The fraction of sp³-hybridized carbons (Fsp3) is 0.158. The van der Waals surface area contributed by atoms with Crippen LogP contribution < -0.4 is 0 Å². The molecule has 0 saturated carbocycles. The van der Waals surface area contributed by atoms with E-state index in [0.29, 0.717) is 12.2 Å². The Hall–Kier alpha value is -3.04. The molecule has 2 heterocycles. The van der Waals surface area contributed by atoms with Crippen LogP contribution in [0, 0.1) is 15.9 Å². The molecule has 28 heavy (non-hydrogen) atoms. The van der Waals surface area contributed by atoms with Crippen LogP contribution in [0.3, 0.4) is 0 Å². The summed E-state index contributed by atoms with van der Waals surface area (Å²) in [6.45, 7) is 0.583. The molecular formula is C19H16FN3O4S. The first kappa shape index (κ1) is 18.3. The molecule has 3 aromatic rings. The molecule has 0 amide bonds. The van der Waals surface area contributed by atoms with E-state index < -0.39 is 26.8 Å². The first-order valence-corrected chi connectivity index (χ1v) is 9.99. The quantitative estimate of drug-likeness (QED) is 0.496. The standard InChI is InChI=1S/C19H16FN3O4S/c20-17-5-2-1-4-16(17)19-18-6-3-11-21(18)12-13-22(19)28(26,27)15-9-7-14(8-10-15)23(24)25/h1-11,19H,12-13H2/t19-/m1/s1. The summed E-state index contributed by atoms with van der Waals surface area (Å²) in [5.41, 5.74) is 0.728. The minimum atomic E-state index is -4.01. The fourth-order valence-corrected chi connectivity index (χ4v) is 5.08. The lowest BCUT2D eigenvalue weighted by Gasteiger charge is -2.36. The summed E-state index contributed by atoms with van der Waals surface area (Å²) >= 11 is 0. The Bertz CT molecular complexity index is 1140. The predicted octanol–water partition coefficient (Wildman–Crippen LogP) is 3.33. The first-order chi connectivity index (χ1) is 13.4. The van der Waals surface area contributed by atoms with E-state index in [1.807, 2.05) is 10.8 Å². The number of fused-ring (bicyclic) bond motifs is 1. The maximum atomic E-state index is 14.6. The molecule has 0 unspecified atom stereocenters. The second-order valence-corrected chi connectivity index (χ2v) is 8.31. The zero-order valence-corrected chi connectivity index (χ0v) is 15.4. The number of halogens is 1. The molecule has 1 aromatic heterocycles. The highest BCUT2D eigenvalue weighted by Gasteiger charge is 2.38. The maximum absolute atomic E-state index is 14.6. The maximum Gasteiger partial charge on any atom is 0.269 e.